The van der Waals surface area contributed by atoms with E-state index in [9.17, 15) is 5.11 Å². The first-order valence-electron chi connectivity index (χ1n) is 4.33. The molecule has 1 rings (SSSR count). The molecule has 1 nitrogen and oxygen atoms in total. The van der Waals surface area contributed by atoms with Crippen LogP contribution in [0.1, 0.15) is 33.6 Å². The van der Waals surface area contributed by atoms with E-state index in [0.29, 0.717) is 11.8 Å². The van der Waals surface area contributed by atoms with Gasteiger partial charge in [-0.2, -0.15) is 0 Å². The smallest absolute Gasteiger partial charge is 0.0651 e. The maximum atomic E-state index is 9.84. The van der Waals surface area contributed by atoms with Crippen molar-refractivity contribution in [2.24, 2.45) is 11.8 Å². The molecule has 0 radical (unpaired) electrons. The highest BCUT2D eigenvalue weighted by Gasteiger charge is 2.40. The Kier molecular flexibility index (Phi) is 2.10. The Morgan fingerprint density at radius 3 is 2.36 bits per heavy atom. The zero-order chi connectivity index (χ0) is 8.65. The maximum Gasteiger partial charge on any atom is 0.0651 e. The largest absolute Gasteiger partial charge is 0.390 e. The molecule has 1 aliphatic carbocycles. The van der Waals surface area contributed by atoms with E-state index >= 15 is 0 Å². The Bertz CT molecular complexity index is 170. The molecule has 1 heteroatoms. The fourth-order valence-electron chi connectivity index (χ4n) is 2.03. The average Bonchev–Trinajstić information content (AvgIpc) is 2.09. The van der Waals surface area contributed by atoms with Crippen LogP contribution >= 0.6 is 0 Å². The Morgan fingerprint density at radius 2 is 2.18 bits per heavy atom. The second-order valence-corrected chi connectivity index (χ2v) is 4.14. The minimum atomic E-state index is -0.455. The first kappa shape index (κ1) is 8.79. The van der Waals surface area contributed by atoms with Crippen molar-refractivity contribution in [1.82, 2.24) is 0 Å². The van der Waals surface area contributed by atoms with Crippen LogP contribution in [0.2, 0.25) is 0 Å². The molecule has 0 amide bonds. The van der Waals surface area contributed by atoms with Gasteiger partial charge in [0.2, 0.25) is 0 Å². The summed E-state index contributed by atoms with van der Waals surface area (Å²) < 4.78 is 0. The normalized spacial score (nSPS) is 44.4. The molecule has 0 aromatic heterocycles. The molecule has 1 saturated carbocycles. The average molecular weight is 154 g/mol. The van der Waals surface area contributed by atoms with Crippen LogP contribution in [0.15, 0.2) is 12.2 Å². The van der Waals surface area contributed by atoms with E-state index in [4.69, 9.17) is 0 Å². The van der Waals surface area contributed by atoms with Gasteiger partial charge in [0, 0.05) is 0 Å². The van der Waals surface area contributed by atoms with Gasteiger partial charge in [0.1, 0.15) is 0 Å². The second kappa shape index (κ2) is 2.63. The summed E-state index contributed by atoms with van der Waals surface area (Å²) in [6, 6.07) is 0. The summed E-state index contributed by atoms with van der Waals surface area (Å²) in [5, 5.41) is 9.84. The summed E-state index contributed by atoms with van der Waals surface area (Å²) in [4.78, 5) is 0. The minimum Gasteiger partial charge on any atom is -0.390 e. The lowest BCUT2D eigenvalue weighted by Gasteiger charge is -2.25. The van der Waals surface area contributed by atoms with E-state index in [1.807, 2.05) is 6.92 Å². The molecule has 0 saturated heterocycles. The molecule has 1 fully saturated rings. The molecule has 1 N–H and O–H groups in total. The number of hydrogen-bond donors (Lipinski definition) is 1. The first-order valence-corrected chi connectivity index (χ1v) is 4.33. The molecule has 0 spiro atoms. The molecular formula is C10H18O. The fraction of sp³-hybridized carbons (Fsp3) is 0.800. The van der Waals surface area contributed by atoms with E-state index in [1.54, 1.807) is 0 Å². The number of hydrogen-bond acceptors (Lipinski definition) is 1. The van der Waals surface area contributed by atoms with Gasteiger partial charge in [-0.25, -0.2) is 0 Å². The highest BCUT2D eigenvalue weighted by atomic mass is 16.3. The van der Waals surface area contributed by atoms with Gasteiger partial charge in [0.05, 0.1) is 5.60 Å². The zero-order valence-electron chi connectivity index (χ0n) is 7.72. The molecule has 0 aliphatic heterocycles. The van der Waals surface area contributed by atoms with Gasteiger partial charge < -0.3 is 5.11 Å². The van der Waals surface area contributed by atoms with Crippen LogP contribution in [0.3, 0.4) is 0 Å². The summed E-state index contributed by atoms with van der Waals surface area (Å²) in [6.45, 7) is 10.0. The van der Waals surface area contributed by atoms with Crippen LogP contribution < -0.4 is 0 Å². The van der Waals surface area contributed by atoms with E-state index in [2.05, 4.69) is 20.4 Å². The van der Waals surface area contributed by atoms with Gasteiger partial charge in [-0.1, -0.05) is 19.1 Å². The monoisotopic (exact) mass is 154 g/mol. The van der Waals surface area contributed by atoms with Crippen molar-refractivity contribution >= 4 is 0 Å². The summed E-state index contributed by atoms with van der Waals surface area (Å²) in [7, 11) is 0. The highest BCUT2D eigenvalue weighted by molar-refractivity contribution is 5.06. The number of aliphatic hydroxyl groups is 1. The van der Waals surface area contributed by atoms with Gasteiger partial charge in [0.25, 0.3) is 0 Å². The van der Waals surface area contributed by atoms with Crippen LogP contribution in [0.4, 0.5) is 0 Å². The van der Waals surface area contributed by atoms with Gasteiger partial charge >= 0.3 is 0 Å². The molecule has 0 bridgehead atoms. The van der Waals surface area contributed by atoms with Gasteiger partial charge in [-0.05, 0) is 38.5 Å². The van der Waals surface area contributed by atoms with E-state index in [1.165, 1.54) is 5.57 Å². The van der Waals surface area contributed by atoms with E-state index in [-0.39, 0.29) is 0 Å². The minimum absolute atomic E-state index is 0.375. The summed E-state index contributed by atoms with van der Waals surface area (Å²) >= 11 is 0. The predicted molar refractivity (Wildman–Crippen MR) is 47.3 cm³/mol. The maximum absolute atomic E-state index is 9.84. The van der Waals surface area contributed by atoms with Gasteiger partial charge in [-0.3, -0.25) is 0 Å². The lowest BCUT2D eigenvalue weighted by molar-refractivity contribution is 0.0217. The predicted octanol–water partition coefficient (Wildman–Crippen LogP) is 2.36. The zero-order valence-corrected chi connectivity index (χ0v) is 7.72. The van der Waals surface area contributed by atoms with Crippen molar-refractivity contribution in [2.45, 2.75) is 39.2 Å². The Hall–Kier alpha value is -0.300. The van der Waals surface area contributed by atoms with E-state index < -0.39 is 5.60 Å². The third-order valence-corrected chi connectivity index (χ3v) is 3.18. The molecule has 0 aromatic rings. The highest BCUT2D eigenvalue weighted by Crippen LogP contribution is 2.42. The lowest BCUT2D eigenvalue weighted by atomic mass is 9.86. The third-order valence-electron chi connectivity index (χ3n) is 3.18. The fourth-order valence-corrected chi connectivity index (χ4v) is 2.03. The van der Waals surface area contributed by atoms with Gasteiger partial charge in [0.15, 0.2) is 0 Å². The van der Waals surface area contributed by atoms with Crippen molar-refractivity contribution in [3.63, 3.8) is 0 Å². The first-order chi connectivity index (χ1) is 4.95. The van der Waals surface area contributed by atoms with Crippen LogP contribution in [0.25, 0.3) is 0 Å². The van der Waals surface area contributed by atoms with Crippen molar-refractivity contribution in [1.29, 1.82) is 0 Å². The Labute approximate surface area is 69.1 Å². The standard InChI is InChI=1S/C10H18O/c1-7(2)9-5-6-10(4,11)8(9)3/h8-9,11H,1,5-6H2,2-4H3/t8?,9?,10-/m1/s1. The molecule has 64 valence electrons. The number of allylic oxidation sites excluding steroid dienone is 1. The molecule has 0 heterocycles. The number of rotatable bonds is 1. The topological polar surface area (TPSA) is 20.2 Å². The molecule has 1 aliphatic rings. The van der Waals surface area contributed by atoms with Crippen LogP contribution in [-0.2, 0) is 0 Å². The molecule has 0 aromatic carbocycles. The summed E-state index contributed by atoms with van der Waals surface area (Å²) in [5.41, 5.74) is 0.763. The van der Waals surface area contributed by atoms with Crippen molar-refractivity contribution in [3.8, 4) is 0 Å². The summed E-state index contributed by atoms with van der Waals surface area (Å²) in [6.07, 6.45) is 2.02. The quantitative estimate of drug-likeness (QED) is 0.575. The second-order valence-electron chi connectivity index (χ2n) is 4.14. The van der Waals surface area contributed by atoms with Crippen LogP contribution in [-0.4, -0.2) is 10.7 Å². The van der Waals surface area contributed by atoms with Gasteiger partial charge in [-0.15, -0.1) is 0 Å². The molecular weight excluding hydrogens is 136 g/mol. The SMILES string of the molecule is C=C(C)C1CC[C@@](C)(O)C1C. The molecule has 11 heavy (non-hydrogen) atoms. The lowest BCUT2D eigenvalue weighted by Crippen LogP contribution is -2.29. The molecule has 2 unspecified atom stereocenters. The van der Waals surface area contributed by atoms with Crippen LogP contribution in [0.5, 0.6) is 0 Å². The van der Waals surface area contributed by atoms with Crippen LogP contribution in [0, 0.1) is 11.8 Å². The van der Waals surface area contributed by atoms with Crippen molar-refractivity contribution in [3.05, 3.63) is 12.2 Å². The van der Waals surface area contributed by atoms with Crippen molar-refractivity contribution < 1.29 is 5.11 Å². The van der Waals surface area contributed by atoms with Crippen molar-refractivity contribution in [2.75, 3.05) is 0 Å². The van der Waals surface area contributed by atoms with E-state index in [0.717, 1.165) is 12.8 Å². The Morgan fingerprint density at radius 1 is 1.64 bits per heavy atom. The Balaban J connectivity index is 2.71. The summed E-state index contributed by atoms with van der Waals surface area (Å²) in [5.74, 6) is 0.907. The third kappa shape index (κ3) is 1.48. The molecule has 3 atom stereocenters.